The van der Waals surface area contributed by atoms with Gasteiger partial charge in [0.2, 0.25) is 5.91 Å². The Morgan fingerprint density at radius 1 is 1.13 bits per heavy atom. The maximum absolute atomic E-state index is 14.3. The third-order valence-corrected chi connectivity index (χ3v) is 4.89. The maximum atomic E-state index is 14.3. The van der Waals surface area contributed by atoms with Crippen LogP contribution in [0.1, 0.15) is 22.8 Å². The number of ether oxygens (including phenoxy) is 1. The molecular formula is C23H22FN3O3. The predicted molar refractivity (Wildman–Crippen MR) is 112 cm³/mol. The number of nitrogens with zero attached hydrogens (tertiary/aromatic N) is 3. The second kappa shape index (κ2) is 9.70. The zero-order valence-electron chi connectivity index (χ0n) is 16.7. The van der Waals surface area contributed by atoms with Crippen LogP contribution in [-0.2, 0) is 4.79 Å². The fourth-order valence-electron chi connectivity index (χ4n) is 3.21. The van der Waals surface area contributed by atoms with Crippen LogP contribution in [0.25, 0.3) is 6.08 Å². The molecule has 0 N–H and O–H groups in total. The number of carbonyl (C=O) groups is 2. The van der Waals surface area contributed by atoms with E-state index in [2.05, 4.69) is 0 Å². The molecule has 0 saturated carbocycles. The van der Waals surface area contributed by atoms with Gasteiger partial charge in [0, 0.05) is 37.8 Å². The molecule has 0 spiro atoms. The van der Waals surface area contributed by atoms with Crippen LogP contribution < -0.4 is 9.64 Å². The number of carbonyl (C=O) groups excluding carboxylic acids is 2. The van der Waals surface area contributed by atoms with Crippen LogP contribution in [0.15, 0.2) is 48.5 Å². The number of benzene rings is 2. The van der Waals surface area contributed by atoms with Crippen molar-refractivity contribution in [2.75, 3.05) is 37.7 Å². The lowest BCUT2D eigenvalue weighted by Crippen LogP contribution is -2.48. The van der Waals surface area contributed by atoms with Crippen LogP contribution in [0.4, 0.5) is 10.1 Å². The van der Waals surface area contributed by atoms with Crippen molar-refractivity contribution in [3.05, 3.63) is 65.5 Å². The molecule has 0 bridgehead atoms. The van der Waals surface area contributed by atoms with Gasteiger partial charge < -0.3 is 14.5 Å². The van der Waals surface area contributed by atoms with Crippen LogP contribution in [0, 0.1) is 17.1 Å². The van der Waals surface area contributed by atoms with E-state index in [1.54, 1.807) is 35.2 Å². The molecule has 2 aromatic rings. The summed E-state index contributed by atoms with van der Waals surface area (Å²) in [6, 6.07) is 13.5. The molecular weight excluding hydrogens is 385 g/mol. The number of hydrogen-bond acceptors (Lipinski definition) is 5. The molecule has 6 nitrogen and oxygen atoms in total. The fourth-order valence-corrected chi connectivity index (χ4v) is 3.21. The Morgan fingerprint density at radius 2 is 1.83 bits per heavy atom. The van der Waals surface area contributed by atoms with E-state index < -0.39 is 5.82 Å². The van der Waals surface area contributed by atoms with Gasteiger partial charge in [-0.2, -0.15) is 5.26 Å². The molecule has 2 aromatic carbocycles. The molecule has 1 aliphatic rings. The molecule has 0 aliphatic carbocycles. The molecule has 1 fully saturated rings. The van der Waals surface area contributed by atoms with E-state index >= 15 is 0 Å². The van der Waals surface area contributed by atoms with Crippen molar-refractivity contribution in [3.63, 3.8) is 0 Å². The Bertz CT molecular complexity index is 988. The van der Waals surface area contributed by atoms with Crippen molar-refractivity contribution in [1.82, 2.24) is 4.90 Å². The van der Waals surface area contributed by atoms with Gasteiger partial charge in [-0.15, -0.1) is 0 Å². The summed E-state index contributed by atoms with van der Waals surface area (Å²) in [4.78, 5) is 27.4. The Labute approximate surface area is 174 Å². The molecule has 1 amide bonds. The van der Waals surface area contributed by atoms with E-state index in [9.17, 15) is 14.0 Å². The highest BCUT2D eigenvalue weighted by Gasteiger charge is 2.22. The summed E-state index contributed by atoms with van der Waals surface area (Å²) in [6.07, 6.45) is 3.24. The molecule has 1 heterocycles. The average molecular weight is 407 g/mol. The number of nitriles is 1. The first-order chi connectivity index (χ1) is 14.5. The molecule has 0 aromatic heterocycles. The average Bonchev–Trinajstić information content (AvgIpc) is 2.76. The van der Waals surface area contributed by atoms with E-state index in [-0.39, 0.29) is 18.3 Å². The van der Waals surface area contributed by atoms with Gasteiger partial charge in [0.05, 0.1) is 5.69 Å². The van der Waals surface area contributed by atoms with Crippen molar-refractivity contribution in [3.8, 4) is 11.8 Å². The summed E-state index contributed by atoms with van der Waals surface area (Å²) in [5.41, 5.74) is 1.64. The topological polar surface area (TPSA) is 73.6 Å². The van der Waals surface area contributed by atoms with Gasteiger partial charge in [-0.1, -0.05) is 12.1 Å². The zero-order chi connectivity index (χ0) is 21.5. The highest BCUT2D eigenvalue weighted by molar-refractivity contribution is 5.94. The summed E-state index contributed by atoms with van der Waals surface area (Å²) in [5, 5.41) is 8.51. The summed E-state index contributed by atoms with van der Waals surface area (Å²) < 4.78 is 19.5. The van der Waals surface area contributed by atoms with Crippen LogP contribution >= 0.6 is 0 Å². The molecule has 30 heavy (non-hydrogen) atoms. The standard InChI is InChI=1S/C23H22FN3O3/c1-17(28)19-5-8-22(21(24)16-19)26-11-13-27(14-12-26)23(29)9-4-18-2-6-20(7-3-18)30-15-10-25/h2-9,16H,11-15H2,1H3/b9-4+. The first-order valence-corrected chi connectivity index (χ1v) is 9.60. The van der Waals surface area contributed by atoms with Crippen molar-refractivity contribution < 1.29 is 18.7 Å². The number of Topliss-reactive ketones (excluding diaryl/α,β-unsaturated/α-hetero) is 1. The number of rotatable bonds is 6. The number of ketones is 1. The predicted octanol–water partition coefficient (Wildman–Crippen LogP) is 3.29. The van der Waals surface area contributed by atoms with E-state index in [1.807, 2.05) is 23.1 Å². The maximum Gasteiger partial charge on any atom is 0.246 e. The SMILES string of the molecule is CC(=O)c1ccc(N2CCN(C(=O)/C=C/c3ccc(OCC#N)cc3)CC2)c(F)c1. The second-order valence-electron chi connectivity index (χ2n) is 6.88. The molecule has 3 rings (SSSR count). The lowest BCUT2D eigenvalue weighted by Gasteiger charge is -2.35. The van der Waals surface area contributed by atoms with E-state index in [4.69, 9.17) is 10.00 Å². The summed E-state index contributed by atoms with van der Waals surface area (Å²) in [5.74, 6) is -0.108. The van der Waals surface area contributed by atoms with Gasteiger partial charge in [0.1, 0.15) is 17.6 Å². The Hall–Kier alpha value is -3.66. The van der Waals surface area contributed by atoms with Crippen molar-refractivity contribution in [2.24, 2.45) is 0 Å². The van der Waals surface area contributed by atoms with Crippen LogP contribution in [0.5, 0.6) is 5.75 Å². The van der Waals surface area contributed by atoms with E-state index in [0.29, 0.717) is 43.2 Å². The molecule has 0 radical (unpaired) electrons. The number of piperazine rings is 1. The van der Waals surface area contributed by atoms with Crippen LogP contribution in [0.2, 0.25) is 0 Å². The number of amides is 1. The minimum absolute atomic E-state index is 0.00950. The molecule has 0 unspecified atom stereocenters. The molecule has 1 saturated heterocycles. The number of hydrogen-bond donors (Lipinski definition) is 0. The zero-order valence-corrected chi connectivity index (χ0v) is 16.7. The summed E-state index contributed by atoms with van der Waals surface area (Å²) in [7, 11) is 0. The van der Waals surface area contributed by atoms with Crippen molar-refractivity contribution in [2.45, 2.75) is 6.92 Å². The molecule has 0 atom stereocenters. The van der Waals surface area contributed by atoms with Crippen molar-refractivity contribution >= 4 is 23.5 Å². The first-order valence-electron chi connectivity index (χ1n) is 9.60. The minimum atomic E-state index is -0.426. The normalized spacial score (nSPS) is 13.9. The highest BCUT2D eigenvalue weighted by atomic mass is 19.1. The van der Waals surface area contributed by atoms with Gasteiger partial charge in [0.15, 0.2) is 12.4 Å². The third kappa shape index (κ3) is 5.23. The fraction of sp³-hybridized carbons (Fsp3) is 0.261. The molecule has 154 valence electrons. The van der Waals surface area contributed by atoms with Gasteiger partial charge in [-0.05, 0) is 48.9 Å². The monoisotopic (exact) mass is 407 g/mol. The summed E-state index contributed by atoms with van der Waals surface area (Å²) >= 11 is 0. The Kier molecular flexibility index (Phi) is 6.81. The van der Waals surface area contributed by atoms with Crippen molar-refractivity contribution in [1.29, 1.82) is 5.26 Å². The first kappa shape index (κ1) is 21.1. The van der Waals surface area contributed by atoms with Gasteiger partial charge in [-0.3, -0.25) is 9.59 Å². The quantitative estimate of drug-likeness (QED) is 0.543. The second-order valence-corrected chi connectivity index (χ2v) is 6.88. The lowest BCUT2D eigenvalue weighted by atomic mass is 10.1. The minimum Gasteiger partial charge on any atom is -0.479 e. The largest absolute Gasteiger partial charge is 0.479 e. The Balaban J connectivity index is 1.54. The third-order valence-electron chi connectivity index (χ3n) is 4.89. The summed E-state index contributed by atoms with van der Waals surface area (Å²) in [6.45, 7) is 3.39. The van der Waals surface area contributed by atoms with Gasteiger partial charge >= 0.3 is 0 Å². The van der Waals surface area contributed by atoms with Crippen LogP contribution in [-0.4, -0.2) is 49.4 Å². The number of anilines is 1. The highest BCUT2D eigenvalue weighted by Crippen LogP contribution is 2.22. The van der Waals surface area contributed by atoms with Gasteiger partial charge in [-0.25, -0.2) is 4.39 Å². The molecule has 1 aliphatic heterocycles. The smallest absolute Gasteiger partial charge is 0.246 e. The van der Waals surface area contributed by atoms with Crippen LogP contribution in [0.3, 0.4) is 0 Å². The molecule has 7 heteroatoms. The van der Waals surface area contributed by atoms with Gasteiger partial charge in [0.25, 0.3) is 0 Å². The lowest BCUT2D eigenvalue weighted by molar-refractivity contribution is -0.126. The Morgan fingerprint density at radius 3 is 2.43 bits per heavy atom. The van der Waals surface area contributed by atoms with E-state index in [0.717, 1.165) is 5.56 Å². The number of halogens is 1. The van der Waals surface area contributed by atoms with E-state index in [1.165, 1.54) is 19.1 Å².